The van der Waals surface area contributed by atoms with Crippen molar-refractivity contribution >= 4 is 27.3 Å². The average molecular weight is 458 g/mol. The molecule has 4 aromatic rings. The van der Waals surface area contributed by atoms with Crippen molar-refractivity contribution in [2.75, 3.05) is 13.2 Å². The number of nitrogens with one attached hydrogen (secondary N) is 1. The van der Waals surface area contributed by atoms with Gasteiger partial charge in [-0.3, -0.25) is 0 Å². The van der Waals surface area contributed by atoms with Crippen molar-refractivity contribution in [2.45, 2.75) is 18.7 Å². The molecule has 0 saturated heterocycles. The van der Waals surface area contributed by atoms with Gasteiger partial charge in [-0.05, 0) is 43.7 Å². The van der Waals surface area contributed by atoms with Crippen LogP contribution in [0, 0.1) is 13.8 Å². The number of halogens is 1. The monoisotopic (exact) mass is 457 g/mol. The van der Waals surface area contributed by atoms with Gasteiger partial charge in [-0.2, -0.15) is 4.52 Å². The number of benzene rings is 2. The van der Waals surface area contributed by atoms with Gasteiger partial charge in [0, 0.05) is 18.2 Å². The van der Waals surface area contributed by atoms with Crippen molar-refractivity contribution < 1.29 is 13.2 Å². The molecule has 2 heterocycles. The molecule has 0 saturated carbocycles. The van der Waals surface area contributed by atoms with Crippen molar-refractivity contribution in [2.24, 2.45) is 0 Å². The van der Waals surface area contributed by atoms with E-state index < -0.39 is 10.0 Å². The van der Waals surface area contributed by atoms with Crippen molar-refractivity contribution in [1.29, 1.82) is 0 Å². The van der Waals surface area contributed by atoms with Gasteiger partial charge in [-0.1, -0.05) is 41.4 Å². The van der Waals surface area contributed by atoms with E-state index >= 15 is 0 Å². The lowest BCUT2D eigenvalue weighted by Gasteiger charge is -2.10. The SMILES string of the molecule is Cc1ccc(S(=O)(=O)NCCOc2ccc3nnc(-c4ccccc4Cl)n3n2)c(C)c1. The predicted octanol–water partition coefficient (Wildman–Crippen LogP) is 3.42. The van der Waals surface area contributed by atoms with E-state index in [0.717, 1.165) is 5.56 Å². The van der Waals surface area contributed by atoms with Crippen LogP contribution in [0.4, 0.5) is 0 Å². The van der Waals surface area contributed by atoms with Gasteiger partial charge in [0.1, 0.15) is 6.61 Å². The number of aromatic nitrogens is 4. The number of hydrogen-bond donors (Lipinski definition) is 1. The molecule has 0 radical (unpaired) electrons. The third-order valence-electron chi connectivity index (χ3n) is 4.62. The summed E-state index contributed by atoms with van der Waals surface area (Å²) in [5.74, 6) is 0.799. The zero-order valence-electron chi connectivity index (χ0n) is 16.9. The maximum atomic E-state index is 12.5. The van der Waals surface area contributed by atoms with Crippen LogP contribution in [0.1, 0.15) is 11.1 Å². The molecule has 160 valence electrons. The minimum Gasteiger partial charge on any atom is -0.475 e. The van der Waals surface area contributed by atoms with Crippen molar-refractivity contribution in [3.05, 3.63) is 70.7 Å². The van der Waals surface area contributed by atoms with Gasteiger partial charge in [-0.25, -0.2) is 13.1 Å². The van der Waals surface area contributed by atoms with E-state index in [1.54, 1.807) is 37.3 Å². The van der Waals surface area contributed by atoms with Crippen LogP contribution in [0.25, 0.3) is 17.0 Å². The summed E-state index contributed by atoms with van der Waals surface area (Å²) in [6.07, 6.45) is 0. The molecule has 0 aliphatic heterocycles. The summed E-state index contributed by atoms with van der Waals surface area (Å²) < 4.78 is 34.8. The van der Waals surface area contributed by atoms with Crippen LogP contribution < -0.4 is 9.46 Å². The Labute approximate surface area is 184 Å². The Morgan fingerprint density at radius 2 is 1.87 bits per heavy atom. The van der Waals surface area contributed by atoms with Crippen molar-refractivity contribution in [3.8, 4) is 17.3 Å². The number of nitrogens with zero attached hydrogens (tertiary/aromatic N) is 4. The van der Waals surface area contributed by atoms with E-state index in [1.165, 1.54) is 4.52 Å². The summed E-state index contributed by atoms with van der Waals surface area (Å²) in [5, 5.41) is 13.2. The van der Waals surface area contributed by atoms with Gasteiger partial charge in [0.2, 0.25) is 15.9 Å². The fraction of sp³-hybridized carbons (Fsp3) is 0.190. The van der Waals surface area contributed by atoms with Gasteiger partial charge in [0.25, 0.3) is 0 Å². The van der Waals surface area contributed by atoms with E-state index in [2.05, 4.69) is 20.0 Å². The Kier molecular flexibility index (Phi) is 5.90. The van der Waals surface area contributed by atoms with Crippen molar-refractivity contribution in [1.82, 2.24) is 24.5 Å². The Morgan fingerprint density at radius 1 is 1.06 bits per heavy atom. The fourth-order valence-electron chi connectivity index (χ4n) is 3.17. The minimum absolute atomic E-state index is 0.0922. The van der Waals surface area contributed by atoms with Crippen LogP contribution >= 0.6 is 11.6 Å². The van der Waals surface area contributed by atoms with Gasteiger partial charge in [0.05, 0.1) is 9.92 Å². The first-order chi connectivity index (χ1) is 14.8. The molecule has 0 spiro atoms. The molecule has 1 N–H and O–H groups in total. The van der Waals surface area contributed by atoms with E-state index in [4.69, 9.17) is 16.3 Å². The maximum Gasteiger partial charge on any atom is 0.240 e. The third-order valence-corrected chi connectivity index (χ3v) is 6.57. The molecule has 0 fully saturated rings. The first kappa shape index (κ1) is 21.2. The van der Waals surface area contributed by atoms with Gasteiger partial charge in [0.15, 0.2) is 11.5 Å². The second kappa shape index (κ2) is 8.62. The highest BCUT2D eigenvalue weighted by Gasteiger charge is 2.16. The maximum absolute atomic E-state index is 12.5. The van der Waals surface area contributed by atoms with Crippen LogP contribution in [0.2, 0.25) is 5.02 Å². The number of rotatable bonds is 7. The first-order valence-electron chi connectivity index (χ1n) is 9.52. The topological polar surface area (TPSA) is 98.5 Å². The molecule has 0 aliphatic rings. The Balaban J connectivity index is 1.45. The lowest BCUT2D eigenvalue weighted by Crippen LogP contribution is -2.29. The summed E-state index contributed by atoms with van der Waals surface area (Å²) in [4.78, 5) is 0.256. The Hall–Kier alpha value is -3.01. The van der Waals surface area contributed by atoms with E-state index in [-0.39, 0.29) is 18.0 Å². The summed E-state index contributed by atoms with van der Waals surface area (Å²) in [6.45, 7) is 3.88. The molecule has 2 aromatic carbocycles. The summed E-state index contributed by atoms with van der Waals surface area (Å²) >= 11 is 6.27. The van der Waals surface area contributed by atoms with Gasteiger partial charge >= 0.3 is 0 Å². The zero-order valence-corrected chi connectivity index (χ0v) is 18.5. The number of sulfonamides is 1. The van der Waals surface area contributed by atoms with Gasteiger partial charge < -0.3 is 4.74 Å². The normalized spacial score (nSPS) is 11.7. The predicted molar refractivity (Wildman–Crippen MR) is 118 cm³/mol. The van der Waals surface area contributed by atoms with E-state index in [0.29, 0.717) is 33.5 Å². The highest BCUT2D eigenvalue weighted by atomic mass is 35.5. The minimum atomic E-state index is -3.63. The molecule has 8 nitrogen and oxygen atoms in total. The third kappa shape index (κ3) is 4.53. The quantitative estimate of drug-likeness (QED) is 0.427. The average Bonchev–Trinajstić information content (AvgIpc) is 3.14. The molecule has 0 aliphatic carbocycles. The van der Waals surface area contributed by atoms with Crippen LogP contribution in [-0.4, -0.2) is 41.4 Å². The molecule has 0 bridgehead atoms. The molecular formula is C21H20ClN5O3S. The summed E-state index contributed by atoms with van der Waals surface area (Å²) in [5.41, 5.74) is 2.94. The second-order valence-corrected chi connectivity index (χ2v) is 9.10. The zero-order chi connectivity index (χ0) is 22.0. The summed E-state index contributed by atoms with van der Waals surface area (Å²) in [7, 11) is -3.63. The highest BCUT2D eigenvalue weighted by molar-refractivity contribution is 7.89. The molecule has 2 aromatic heterocycles. The molecule has 31 heavy (non-hydrogen) atoms. The van der Waals surface area contributed by atoms with Crippen molar-refractivity contribution in [3.63, 3.8) is 0 Å². The van der Waals surface area contributed by atoms with Crippen LogP contribution in [-0.2, 0) is 10.0 Å². The summed E-state index contributed by atoms with van der Waals surface area (Å²) in [6, 6.07) is 15.9. The van der Waals surface area contributed by atoms with Gasteiger partial charge in [-0.15, -0.1) is 15.3 Å². The molecule has 0 atom stereocenters. The number of ether oxygens (including phenoxy) is 1. The number of aryl methyl sites for hydroxylation is 2. The first-order valence-corrected chi connectivity index (χ1v) is 11.4. The van der Waals surface area contributed by atoms with E-state index in [1.807, 2.05) is 31.2 Å². The molecule has 0 amide bonds. The molecule has 4 rings (SSSR count). The smallest absolute Gasteiger partial charge is 0.240 e. The fourth-order valence-corrected chi connectivity index (χ4v) is 4.63. The highest BCUT2D eigenvalue weighted by Crippen LogP contribution is 2.26. The Morgan fingerprint density at radius 3 is 2.65 bits per heavy atom. The van der Waals surface area contributed by atoms with E-state index in [9.17, 15) is 8.42 Å². The standard InChI is InChI=1S/C21H20ClN5O3S/c1-14-7-8-18(15(2)13-14)31(28,29)23-11-12-30-20-10-9-19-24-25-21(27(19)26-20)16-5-3-4-6-17(16)22/h3-10,13,23H,11-12H2,1-2H3. The lowest BCUT2D eigenvalue weighted by molar-refractivity contribution is 0.306. The number of fused-ring (bicyclic) bond motifs is 1. The largest absolute Gasteiger partial charge is 0.475 e. The van der Waals surface area contributed by atoms with Crippen LogP contribution in [0.5, 0.6) is 5.88 Å². The molecule has 0 unspecified atom stereocenters. The molecule has 10 heteroatoms. The lowest BCUT2D eigenvalue weighted by atomic mass is 10.2. The van der Waals surface area contributed by atoms with Crippen LogP contribution in [0.3, 0.4) is 0 Å². The molecular weight excluding hydrogens is 438 g/mol. The second-order valence-electron chi connectivity index (χ2n) is 6.96. The Bertz CT molecular complexity index is 1350. The van der Waals surface area contributed by atoms with Crippen LogP contribution in [0.15, 0.2) is 59.5 Å². The number of hydrogen-bond acceptors (Lipinski definition) is 6.